The maximum atomic E-state index is 12.9. The first kappa shape index (κ1) is 24.7. The van der Waals surface area contributed by atoms with Crippen LogP contribution in [0.1, 0.15) is 79.2 Å². The number of nitrogens with one attached hydrogen (secondary N) is 1. The zero-order valence-corrected chi connectivity index (χ0v) is 20.6. The topological polar surface area (TPSA) is 103 Å². The van der Waals surface area contributed by atoms with Crippen LogP contribution in [0.25, 0.3) is 5.65 Å². The summed E-state index contributed by atoms with van der Waals surface area (Å²) in [5, 5.41) is 3.02. The monoisotopic (exact) mass is 479 g/mol. The van der Waals surface area contributed by atoms with Crippen LogP contribution in [0, 0.1) is 25.7 Å². The predicted octanol–water partition coefficient (Wildman–Crippen LogP) is 5.20. The number of unbranched alkanes of at least 4 members (excludes halogenated alkanes) is 1. The highest BCUT2D eigenvalue weighted by Crippen LogP contribution is 2.33. The molecule has 0 aliphatic heterocycles. The Bertz CT molecular complexity index is 1270. The molecule has 0 radical (unpaired) electrons. The number of aryl methyl sites for hydroxylation is 1. The highest BCUT2D eigenvalue weighted by molar-refractivity contribution is 5.97. The van der Waals surface area contributed by atoms with Crippen molar-refractivity contribution in [2.75, 3.05) is 5.32 Å². The maximum absolute atomic E-state index is 12.9. The van der Waals surface area contributed by atoms with E-state index in [9.17, 15) is 14.4 Å². The first-order valence-corrected chi connectivity index (χ1v) is 12.4. The van der Waals surface area contributed by atoms with E-state index in [1.165, 1.54) is 25.3 Å². The van der Waals surface area contributed by atoms with Gasteiger partial charge >= 0.3 is 5.97 Å². The smallest absolute Gasteiger partial charge is 0.338 e. The minimum atomic E-state index is -0.541. The quantitative estimate of drug-likeness (QED) is 0.446. The van der Waals surface area contributed by atoms with E-state index in [0.29, 0.717) is 33.9 Å². The van der Waals surface area contributed by atoms with Crippen molar-refractivity contribution in [1.29, 1.82) is 0 Å². The Labute approximate surface area is 204 Å². The summed E-state index contributed by atoms with van der Waals surface area (Å²) in [6, 6.07) is 8.11. The Hall–Kier alpha value is -3.42. The Balaban J connectivity index is 1.37. The fourth-order valence-corrected chi connectivity index (χ4v) is 4.80. The van der Waals surface area contributed by atoms with E-state index in [1.54, 1.807) is 38.1 Å². The Morgan fingerprint density at radius 2 is 1.94 bits per heavy atom. The van der Waals surface area contributed by atoms with Crippen molar-refractivity contribution in [1.82, 2.24) is 9.56 Å². The van der Waals surface area contributed by atoms with E-state index in [1.807, 2.05) is 0 Å². The van der Waals surface area contributed by atoms with Crippen LogP contribution in [-0.2, 0) is 16.1 Å². The van der Waals surface area contributed by atoms with Crippen molar-refractivity contribution in [3.63, 3.8) is 0 Å². The molecule has 0 unspecified atom stereocenters. The van der Waals surface area contributed by atoms with E-state index in [4.69, 9.17) is 9.26 Å². The van der Waals surface area contributed by atoms with E-state index in [-0.39, 0.29) is 24.0 Å². The van der Waals surface area contributed by atoms with Gasteiger partial charge in [0.15, 0.2) is 5.65 Å². The number of anilines is 1. The number of amides is 1. The van der Waals surface area contributed by atoms with Gasteiger partial charge in [-0.1, -0.05) is 32.3 Å². The van der Waals surface area contributed by atoms with Crippen molar-refractivity contribution >= 4 is 23.2 Å². The molecule has 1 amide bonds. The lowest BCUT2D eigenvalue weighted by molar-refractivity contribution is -0.121. The maximum Gasteiger partial charge on any atom is 0.338 e. The molecule has 1 N–H and O–H groups in total. The fraction of sp³-hybridized carbons (Fsp3) is 0.481. The second kappa shape index (κ2) is 10.9. The zero-order valence-electron chi connectivity index (χ0n) is 20.6. The second-order valence-electron chi connectivity index (χ2n) is 9.49. The Kier molecular flexibility index (Phi) is 7.68. The Morgan fingerprint density at radius 3 is 2.69 bits per heavy atom. The van der Waals surface area contributed by atoms with Crippen LogP contribution >= 0.6 is 0 Å². The van der Waals surface area contributed by atoms with Crippen LogP contribution in [-0.4, -0.2) is 21.4 Å². The number of ether oxygens (including phenoxy) is 1. The molecular formula is C27H33N3O5. The van der Waals surface area contributed by atoms with Gasteiger partial charge in [0.1, 0.15) is 12.4 Å². The van der Waals surface area contributed by atoms with Crippen molar-refractivity contribution in [3.8, 4) is 0 Å². The molecule has 0 saturated heterocycles. The molecule has 4 rings (SSSR count). The third-order valence-corrected chi connectivity index (χ3v) is 6.87. The molecule has 0 spiro atoms. The summed E-state index contributed by atoms with van der Waals surface area (Å²) in [7, 11) is 0. The molecular weight excluding hydrogens is 446 g/mol. The molecule has 2 aromatic heterocycles. The molecule has 2 heterocycles. The molecule has 35 heavy (non-hydrogen) atoms. The molecule has 0 bridgehead atoms. The first-order chi connectivity index (χ1) is 16.9. The van der Waals surface area contributed by atoms with Gasteiger partial charge in [-0.15, -0.1) is 4.57 Å². The lowest BCUT2D eigenvalue weighted by Gasteiger charge is -2.28. The highest BCUT2D eigenvalue weighted by Gasteiger charge is 2.26. The number of fused-ring (bicyclic) bond motifs is 1. The number of esters is 1. The van der Waals surface area contributed by atoms with E-state index in [2.05, 4.69) is 17.2 Å². The molecule has 1 aliphatic rings. The predicted molar refractivity (Wildman–Crippen MR) is 132 cm³/mol. The SMILES string of the molecule is CCCCC1CCC(C(=O)Nc2cccc(C(=O)OCc3cc(=O)n4oc(C)cc4n3)c2C)CC1. The number of hydrogen-bond donors (Lipinski definition) is 1. The fourth-order valence-electron chi connectivity index (χ4n) is 4.80. The lowest BCUT2D eigenvalue weighted by Crippen LogP contribution is -2.27. The van der Waals surface area contributed by atoms with E-state index in [0.717, 1.165) is 36.2 Å². The van der Waals surface area contributed by atoms with Gasteiger partial charge in [-0.3, -0.25) is 9.59 Å². The van der Waals surface area contributed by atoms with Crippen LogP contribution in [0.5, 0.6) is 0 Å². The number of carbonyl (C=O) groups excluding carboxylic acids is 2. The van der Waals surface area contributed by atoms with Crippen LogP contribution in [0.15, 0.2) is 39.6 Å². The van der Waals surface area contributed by atoms with Gasteiger partial charge in [0.2, 0.25) is 5.91 Å². The lowest BCUT2D eigenvalue weighted by atomic mass is 9.79. The molecule has 3 aromatic rings. The van der Waals surface area contributed by atoms with Gasteiger partial charge < -0.3 is 14.6 Å². The van der Waals surface area contributed by atoms with Crippen molar-refractivity contribution in [2.45, 2.75) is 72.3 Å². The van der Waals surface area contributed by atoms with Crippen molar-refractivity contribution in [2.24, 2.45) is 11.8 Å². The van der Waals surface area contributed by atoms with Crippen LogP contribution in [0.2, 0.25) is 0 Å². The number of hydrogen-bond acceptors (Lipinski definition) is 6. The highest BCUT2D eigenvalue weighted by atomic mass is 16.5. The summed E-state index contributed by atoms with van der Waals surface area (Å²) in [5.74, 6) is 0.779. The van der Waals surface area contributed by atoms with Gasteiger partial charge in [0, 0.05) is 23.7 Å². The minimum Gasteiger partial charge on any atom is -0.456 e. The van der Waals surface area contributed by atoms with Gasteiger partial charge in [0.25, 0.3) is 5.56 Å². The first-order valence-electron chi connectivity index (χ1n) is 12.4. The van der Waals surface area contributed by atoms with E-state index >= 15 is 0 Å². The molecule has 8 heteroatoms. The van der Waals surface area contributed by atoms with Gasteiger partial charge in [-0.2, -0.15) is 0 Å². The number of aromatic nitrogens is 2. The molecule has 1 aromatic carbocycles. The average Bonchev–Trinajstić information content (AvgIpc) is 3.23. The summed E-state index contributed by atoms with van der Waals surface area (Å²) in [6.45, 7) is 5.58. The number of rotatable bonds is 8. The van der Waals surface area contributed by atoms with Crippen molar-refractivity contribution < 1.29 is 18.8 Å². The number of carbonyl (C=O) groups is 2. The summed E-state index contributed by atoms with van der Waals surface area (Å²) in [4.78, 5) is 42.2. The van der Waals surface area contributed by atoms with Gasteiger partial charge in [-0.25, -0.2) is 9.78 Å². The number of nitrogens with zero attached hydrogens (tertiary/aromatic N) is 2. The molecule has 1 aliphatic carbocycles. The van der Waals surface area contributed by atoms with Gasteiger partial charge in [0.05, 0.1) is 11.3 Å². The zero-order chi connectivity index (χ0) is 24.9. The largest absolute Gasteiger partial charge is 0.456 e. The Morgan fingerprint density at radius 1 is 1.17 bits per heavy atom. The average molecular weight is 480 g/mol. The van der Waals surface area contributed by atoms with Crippen LogP contribution < -0.4 is 10.9 Å². The molecule has 8 nitrogen and oxygen atoms in total. The van der Waals surface area contributed by atoms with Crippen LogP contribution in [0.4, 0.5) is 5.69 Å². The standard InChI is InChI=1S/C27H33N3O5/c1-4-5-7-19-10-12-20(13-11-19)26(32)29-23-9-6-8-22(18(23)3)27(33)34-16-21-15-25(31)30-24(28-21)14-17(2)35-30/h6,8-9,14-15,19-20H,4-5,7,10-13,16H2,1-3H3,(H,29,32). The van der Waals surface area contributed by atoms with Gasteiger partial charge in [-0.05, 0) is 63.1 Å². The second-order valence-corrected chi connectivity index (χ2v) is 9.49. The van der Waals surface area contributed by atoms with E-state index < -0.39 is 5.97 Å². The molecule has 186 valence electrons. The molecule has 1 fully saturated rings. The summed E-state index contributed by atoms with van der Waals surface area (Å²) < 4.78 is 11.8. The summed E-state index contributed by atoms with van der Waals surface area (Å²) in [6.07, 6.45) is 7.76. The van der Waals surface area contributed by atoms with Crippen molar-refractivity contribution in [3.05, 3.63) is 63.3 Å². The minimum absolute atomic E-state index is 0.00888. The summed E-state index contributed by atoms with van der Waals surface area (Å²) >= 11 is 0. The summed E-state index contributed by atoms with van der Waals surface area (Å²) in [5.41, 5.74) is 1.94. The third-order valence-electron chi connectivity index (χ3n) is 6.87. The third kappa shape index (κ3) is 5.81. The van der Waals surface area contributed by atoms with Crippen LogP contribution in [0.3, 0.4) is 0 Å². The molecule has 0 atom stereocenters. The molecule has 1 saturated carbocycles. The number of benzene rings is 1. The normalized spacial score (nSPS) is 17.9.